The van der Waals surface area contributed by atoms with Gasteiger partial charge in [0, 0.05) is 49.8 Å². The van der Waals surface area contributed by atoms with E-state index < -0.39 is 0 Å². The Bertz CT molecular complexity index is 910. The molecule has 0 unspecified atom stereocenters. The van der Waals surface area contributed by atoms with Gasteiger partial charge < -0.3 is 15.1 Å². The number of anilines is 1. The van der Waals surface area contributed by atoms with Crippen molar-refractivity contribution in [3.05, 3.63) is 46.7 Å². The lowest BCUT2D eigenvalue weighted by Gasteiger charge is -2.35. The van der Waals surface area contributed by atoms with Crippen LogP contribution in [-0.2, 0) is 17.3 Å². The first kappa shape index (κ1) is 22.1. The molecule has 1 amide bonds. The van der Waals surface area contributed by atoms with Crippen molar-refractivity contribution in [2.24, 2.45) is 12.0 Å². The van der Waals surface area contributed by atoms with Crippen molar-refractivity contribution in [1.29, 1.82) is 0 Å². The second-order valence-electron chi connectivity index (χ2n) is 7.53. The molecule has 1 aliphatic heterocycles. The lowest BCUT2D eigenvalue weighted by molar-refractivity contribution is -0.120. The molecule has 1 saturated carbocycles. The molecule has 2 aromatic rings. The van der Waals surface area contributed by atoms with Crippen LogP contribution < -0.4 is 10.2 Å². The Morgan fingerprint density at radius 2 is 2.14 bits per heavy atom. The number of nitrogens with one attached hydrogen (secondary N) is 1. The van der Waals surface area contributed by atoms with Gasteiger partial charge >= 0.3 is 0 Å². The number of carbonyl (C=O) groups excluding carboxylic acids is 1. The largest absolute Gasteiger partial charge is 0.355 e. The van der Waals surface area contributed by atoms with Gasteiger partial charge in [-0.05, 0) is 30.5 Å². The van der Waals surface area contributed by atoms with Crippen LogP contribution in [0.15, 0.2) is 46.1 Å². The average Bonchev–Trinajstić information content (AvgIpc) is 3.36. The second-order valence-corrected chi connectivity index (χ2v) is 8.45. The maximum Gasteiger partial charge on any atom is 0.246 e. The van der Waals surface area contributed by atoms with Crippen LogP contribution in [0.1, 0.15) is 18.4 Å². The molecule has 2 heterocycles. The Morgan fingerprint density at radius 1 is 1.34 bits per heavy atom. The number of nitrogens with zero attached hydrogens (tertiary/aromatic N) is 5. The van der Waals surface area contributed by atoms with Gasteiger partial charge in [0.25, 0.3) is 0 Å². The molecule has 1 saturated heterocycles. The fourth-order valence-electron chi connectivity index (χ4n) is 3.79. The zero-order valence-electron chi connectivity index (χ0n) is 16.6. The van der Waals surface area contributed by atoms with E-state index in [1.807, 2.05) is 18.1 Å². The van der Waals surface area contributed by atoms with Gasteiger partial charge in [-0.1, -0.05) is 28.1 Å². The maximum atomic E-state index is 12.7. The van der Waals surface area contributed by atoms with E-state index in [1.54, 1.807) is 22.8 Å². The number of benzene rings is 1. The summed E-state index contributed by atoms with van der Waals surface area (Å²) < 4.78 is 2.82. The lowest BCUT2D eigenvalue weighted by Crippen LogP contribution is -2.56. The van der Waals surface area contributed by atoms with Gasteiger partial charge in [0.15, 0.2) is 5.96 Å². The van der Waals surface area contributed by atoms with Crippen LogP contribution in [0.2, 0.25) is 0 Å². The van der Waals surface area contributed by atoms with Gasteiger partial charge in [0.1, 0.15) is 6.54 Å². The highest BCUT2D eigenvalue weighted by atomic mass is 127. The SMILES string of the molecule is CN=C(NCC1(c2cccc(Br)c2)CC1)N1CCN(c2cnn(C)c2)C(=O)C1.I. The summed E-state index contributed by atoms with van der Waals surface area (Å²) in [6.45, 7) is 2.51. The number of hydrogen-bond acceptors (Lipinski definition) is 3. The molecule has 2 fully saturated rings. The van der Waals surface area contributed by atoms with Crippen LogP contribution in [-0.4, -0.2) is 59.8 Å². The third-order valence-corrected chi connectivity index (χ3v) is 6.10. The predicted molar refractivity (Wildman–Crippen MR) is 129 cm³/mol. The van der Waals surface area contributed by atoms with E-state index in [2.05, 4.69) is 55.6 Å². The molecule has 0 atom stereocenters. The normalized spacial score (nSPS) is 18.4. The van der Waals surface area contributed by atoms with Gasteiger partial charge in [0.2, 0.25) is 5.91 Å². The molecule has 156 valence electrons. The molecule has 0 bridgehead atoms. The summed E-state index contributed by atoms with van der Waals surface area (Å²) in [5.74, 6) is 0.857. The Balaban J connectivity index is 0.00000240. The van der Waals surface area contributed by atoms with Gasteiger partial charge in [-0.25, -0.2) is 0 Å². The summed E-state index contributed by atoms with van der Waals surface area (Å²) in [6, 6.07) is 8.54. The molecule has 7 nitrogen and oxygen atoms in total. The standard InChI is InChI=1S/C20H25BrN6O.HI/c1-22-19(23-14-20(6-7-20)15-4-3-5-16(21)10-15)26-8-9-27(18(28)13-26)17-11-24-25(2)12-17;/h3-5,10-12H,6-9,13-14H2,1-2H3,(H,22,23);1H. The molecular formula is C20H26BrIN6O. The van der Waals surface area contributed by atoms with E-state index in [4.69, 9.17) is 0 Å². The van der Waals surface area contributed by atoms with Crippen LogP contribution in [0.25, 0.3) is 0 Å². The molecule has 1 aromatic heterocycles. The van der Waals surface area contributed by atoms with Gasteiger partial charge in [0.05, 0.1) is 11.9 Å². The first-order valence-electron chi connectivity index (χ1n) is 9.51. The fourth-order valence-corrected chi connectivity index (χ4v) is 4.19. The number of aromatic nitrogens is 2. The van der Waals surface area contributed by atoms with Crippen molar-refractivity contribution >= 4 is 57.5 Å². The molecule has 1 aromatic carbocycles. The van der Waals surface area contributed by atoms with Crippen LogP contribution in [0.3, 0.4) is 0 Å². The zero-order valence-corrected chi connectivity index (χ0v) is 20.6. The predicted octanol–water partition coefficient (Wildman–Crippen LogP) is 2.76. The highest BCUT2D eigenvalue weighted by Crippen LogP contribution is 2.48. The third kappa shape index (κ3) is 4.76. The maximum absolute atomic E-state index is 12.7. The Labute approximate surface area is 196 Å². The van der Waals surface area contributed by atoms with Crippen LogP contribution in [0, 0.1) is 0 Å². The number of guanidine groups is 1. The molecule has 1 N–H and O–H groups in total. The molecule has 0 spiro atoms. The first-order chi connectivity index (χ1) is 13.5. The molecule has 9 heteroatoms. The van der Waals surface area contributed by atoms with Gasteiger partial charge in [-0.15, -0.1) is 24.0 Å². The van der Waals surface area contributed by atoms with Crippen molar-refractivity contribution in [2.75, 3.05) is 38.1 Å². The van der Waals surface area contributed by atoms with E-state index >= 15 is 0 Å². The van der Waals surface area contributed by atoms with Gasteiger partial charge in [-0.2, -0.15) is 5.10 Å². The number of hydrogen-bond donors (Lipinski definition) is 1. The minimum absolute atomic E-state index is 0. The van der Waals surface area contributed by atoms with Crippen LogP contribution in [0.5, 0.6) is 0 Å². The molecule has 29 heavy (non-hydrogen) atoms. The summed E-state index contributed by atoms with van der Waals surface area (Å²) in [7, 11) is 3.63. The number of piperazine rings is 1. The highest BCUT2D eigenvalue weighted by Gasteiger charge is 2.44. The summed E-state index contributed by atoms with van der Waals surface area (Å²) in [4.78, 5) is 20.9. The number of amides is 1. The zero-order chi connectivity index (χ0) is 19.7. The monoisotopic (exact) mass is 572 g/mol. The Hall–Kier alpha value is -1.62. The summed E-state index contributed by atoms with van der Waals surface area (Å²) >= 11 is 3.57. The van der Waals surface area contributed by atoms with Crippen molar-refractivity contribution in [3.8, 4) is 0 Å². The van der Waals surface area contributed by atoms with Crippen LogP contribution >= 0.6 is 39.9 Å². The van der Waals surface area contributed by atoms with Crippen molar-refractivity contribution < 1.29 is 4.79 Å². The van der Waals surface area contributed by atoms with Gasteiger partial charge in [-0.3, -0.25) is 14.5 Å². The van der Waals surface area contributed by atoms with E-state index in [-0.39, 0.29) is 35.3 Å². The molecule has 1 aliphatic carbocycles. The van der Waals surface area contributed by atoms with Crippen molar-refractivity contribution in [3.63, 3.8) is 0 Å². The Kier molecular flexibility index (Phi) is 6.87. The van der Waals surface area contributed by atoms with E-state index in [1.165, 1.54) is 18.4 Å². The van der Waals surface area contributed by atoms with E-state index in [0.717, 1.165) is 29.2 Å². The fraction of sp³-hybridized carbons (Fsp3) is 0.450. The van der Waals surface area contributed by atoms with E-state index in [9.17, 15) is 4.79 Å². The Morgan fingerprint density at radius 3 is 2.72 bits per heavy atom. The highest BCUT2D eigenvalue weighted by molar-refractivity contribution is 14.0. The summed E-state index contributed by atoms with van der Waals surface area (Å²) in [5.41, 5.74) is 2.37. The molecular weight excluding hydrogens is 547 g/mol. The number of halogens is 2. The van der Waals surface area contributed by atoms with E-state index in [0.29, 0.717) is 13.1 Å². The first-order valence-corrected chi connectivity index (χ1v) is 10.3. The molecule has 4 rings (SSSR count). The number of rotatable bonds is 4. The number of aliphatic imine (C=N–C) groups is 1. The lowest BCUT2D eigenvalue weighted by atomic mass is 9.96. The number of carbonyl (C=O) groups is 1. The third-order valence-electron chi connectivity index (χ3n) is 5.61. The number of aryl methyl sites for hydroxylation is 1. The summed E-state index contributed by atoms with van der Waals surface area (Å²) in [5, 5.41) is 7.68. The van der Waals surface area contributed by atoms with Crippen LogP contribution in [0.4, 0.5) is 5.69 Å². The topological polar surface area (TPSA) is 65.8 Å². The molecule has 2 aliphatic rings. The summed E-state index contributed by atoms with van der Waals surface area (Å²) in [6.07, 6.45) is 5.94. The average molecular weight is 573 g/mol. The van der Waals surface area contributed by atoms with Crippen molar-refractivity contribution in [2.45, 2.75) is 18.3 Å². The second kappa shape index (κ2) is 9.03. The minimum atomic E-state index is 0. The van der Waals surface area contributed by atoms with Crippen molar-refractivity contribution in [1.82, 2.24) is 20.0 Å². The molecule has 0 radical (unpaired) electrons. The minimum Gasteiger partial charge on any atom is -0.355 e. The quantitative estimate of drug-likeness (QED) is 0.348. The smallest absolute Gasteiger partial charge is 0.246 e.